The number of rotatable bonds is 2. The first-order chi connectivity index (χ1) is 12.0. The third kappa shape index (κ3) is 2.33. The van der Waals surface area contributed by atoms with Crippen LogP contribution in [0.1, 0.15) is 11.4 Å². The van der Waals surface area contributed by atoms with Crippen LogP contribution in [0.25, 0.3) is 28.1 Å². The molecule has 0 atom stereocenters. The Bertz CT molecular complexity index is 1100. The van der Waals surface area contributed by atoms with Gasteiger partial charge in [-0.25, -0.2) is 9.97 Å². The van der Waals surface area contributed by atoms with Gasteiger partial charge in [0.1, 0.15) is 11.8 Å². The molecule has 0 amide bonds. The largest absolute Gasteiger partial charge is 0.451 e. The molecule has 3 aromatic heterocycles. The van der Waals surface area contributed by atoms with Crippen molar-refractivity contribution in [1.29, 1.82) is 5.26 Å². The van der Waals surface area contributed by atoms with Crippen molar-refractivity contribution < 1.29 is 13.2 Å². The van der Waals surface area contributed by atoms with Crippen molar-refractivity contribution in [2.75, 3.05) is 0 Å². The highest BCUT2D eigenvalue weighted by Crippen LogP contribution is 2.34. The Morgan fingerprint density at radius 3 is 2.72 bits per heavy atom. The highest BCUT2D eigenvalue weighted by Gasteiger charge is 2.36. The predicted octanol–water partition coefficient (Wildman–Crippen LogP) is 3.03. The first-order valence-corrected chi connectivity index (χ1v) is 7.02. The van der Waals surface area contributed by atoms with Crippen LogP contribution in [0.4, 0.5) is 13.2 Å². The summed E-state index contributed by atoms with van der Waals surface area (Å²) in [5.41, 5.74) is 1.61. The van der Waals surface area contributed by atoms with Gasteiger partial charge in [0.05, 0.1) is 23.1 Å². The van der Waals surface area contributed by atoms with E-state index in [0.717, 1.165) is 0 Å². The minimum absolute atomic E-state index is 0.156. The smallest absolute Gasteiger partial charge is 0.349 e. The van der Waals surface area contributed by atoms with E-state index in [-0.39, 0.29) is 11.5 Å². The molecule has 0 fully saturated rings. The first kappa shape index (κ1) is 14.9. The maximum Gasteiger partial charge on any atom is 0.451 e. The molecule has 0 aliphatic heterocycles. The Morgan fingerprint density at radius 2 is 2.08 bits per heavy atom. The highest BCUT2D eigenvalue weighted by molar-refractivity contribution is 5.98. The molecule has 4 rings (SSSR count). The fraction of sp³-hybridized carbons (Fsp3) is 0.0667. The predicted molar refractivity (Wildman–Crippen MR) is 80.5 cm³/mol. The maximum atomic E-state index is 12.8. The topological polar surface area (TPSA) is 99.0 Å². The number of nitriles is 1. The van der Waals surface area contributed by atoms with Gasteiger partial charge < -0.3 is 9.55 Å². The van der Waals surface area contributed by atoms with Crippen LogP contribution in [0.15, 0.2) is 36.9 Å². The highest BCUT2D eigenvalue weighted by atomic mass is 19.4. The van der Waals surface area contributed by atoms with E-state index in [2.05, 4.69) is 26.1 Å². The van der Waals surface area contributed by atoms with Gasteiger partial charge in [-0.3, -0.25) is 5.10 Å². The summed E-state index contributed by atoms with van der Waals surface area (Å²) in [6, 6.07) is 7.11. The number of para-hydroxylation sites is 1. The molecule has 0 radical (unpaired) electrons. The van der Waals surface area contributed by atoms with E-state index >= 15 is 0 Å². The first-order valence-electron chi connectivity index (χ1n) is 7.02. The third-order valence-electron chi connectivity index (χ3n) is 3.67. The van der Waals surface area contributed by atoms with Crippen LogP contribution in [0.3, 0.4) is 0 Å². The minimum Gasteiger partial charge on any atom is -0.349 e. The van der Waals surface area contributed by atoms with Gasteiger partial charge in [0.25, 0.3) is 0 Å². The molecular weight excluding hydrogens is 335 g/mol. The fourth-order valence-corrected chi connectivity index (χ4v) is 2.62. The summed E-state index contributed by atoms with van der Waals surface area (Å²) in [6.07, 6.45) is 0.0467. The monoisotopic (exact) mass is 343 g/mol. The number of fused-ring (bicyclic) bond motifs is 1. The molecule has 2 N–H and O–H groups in total. The molecule has 0 saturated heterocycles. The van der Waals surface area contributed by atoms with E-state index in [4.69, 9.17) is 0 Å². The standard InChI is InChI=1S/C15H8F3N7/c16-15(17,18)14-22-13(23-24-14)11-12(25-5-4-20-7-25)9-3-1-2-8(6-19)10(9)21-11/h1-5,7,21H,(H,22,23,24). The minimum atomic E-state index is -4.63. The van der Waals surface area contributed by atoms with Crippen molar-refractivity contribution in [3.8, 4) is 23.3 Å². The third-order valence-corrected chi connectivity index (χ3v) is 3.67. The second-order valence-corrected chi connectivity index (χ2v) is 5.16. The number of nitrogens with zero attached hydrogens (tertiary/aromatic N) is 5. The molecule has 1 aromatic carbocycles. The van der Waals surface area contributed by atoms with E-state index in [1.54, 1.807) is 29.0 Å². The second kappa shape index (κ2) is 5.20. The number of halogens is 3. The molecule has 25 heavy (non-hydrogen) atoms. The zero-order chi connectivity index (χ0) is 17.6. The summed E-state index contributed by atoms with van der Waals surface area (Å²) >= 11 is 0. The zero-order valence-electron chi connectivity index (χ0n) is 12.3. The van der Waals surface area contributed by atoms with E-state index in [9.17, 15) is 18.4 Å². The molecule has 0 unspecified atom stereocenters. The number of benzene rings is 1. The molecule has 4 aromatic rings. The number of H-pyrrole nitrogens is 2. The lowest BCUT2D eigenvalue weighted by Crippen LogP contribution is -2.07. The Hall–Kier alpha value is -3.61. The maximum absolute atomic E-state index is 12.8. The SMILES string of the molecule is N#Cc1cccc2c(-n3ccnc3)c(-c3n[nH]c(C(F)(F)F)n3)[nH]c12. The van der Waals surface area contributed by atoms with Crippen LogP contribution in [-0.2, 0) is 6.18 Å². The van der Waals surface area contributed by atoms with E-state index < -0.39 is 12.0 Å². The lowest BCUT2D eigenvalue weighted by Gasteiger charge is -2.03. The molecular formula is C15H8F3N7. The Kier molecular flexibility index (Phi) is 3.11. The normalized spacial score (nSPS) is 11.8. The molecule has 10 heteroatoms. The van der Waals surface area contributed by atoms with Gasteiger partial charge in [-0.15, -0.1) is 0 Å². The Balaban J connectivity index is 2.02. The van der Waals surface area contributed by atoms with Crippen molar-refractivity contribution in [2.24, 2.45) is 0 Å². The van der Waals surface area contributed by atoms with Crippen LogP contribution < -0.4 is 0 Å². The van der Waals surface area contributed by atoms with Gasteiger partial charge in [-0.05, 0) is 6.07 Å². The van der Waals surface area contributed by atoms with Crippen LogP contribution >= 0.6 is 0 Å². The number of nitrogens with one attached hydrogen (secondary N) is 2. The van der Waals surface area contributed by atoms with Crippen molar-refractivity contribution in [3.63, 3.8) is 0 Å². The molecule has 0 aliphatic rings. The van der Waals surface area contributed by atoms with Gasteiger partial charge in [0.15, 0.2) is 5.82 Å². The summed E-state index contributed by atoms with van der Waals surface area (Å²) in [7, 11) is 0. The Morgan fingerprint density at radius 1 is 1.24 bits per heavy atom. The second-order valence-electron chi connectivity index (χ2n) is 5.16. The van der Waals surface area contributed by atoms with Crippen LogP contribution in [0.2, 0.25) is 0 Å². The lowest BCUT2D eigenvalue weighted by molar-refractivity contribution is -0.144. The summed E-state index contributed by atoms with van der Waals surface area (Å²) in [5.74, 6) is -1.35. The van der Waals surface area contributed by atoms with E-state index in [1.807, 2.05) is 5.10 Å². The molecule has 7 nitrogen and oxygen atoms in total. The number of alkyl halides is 3. The number of aromatic amines is 2. The number of hydrogen-bond donors (Lipinski definition) is 2. The van der Waals surface area contributed by atoms with Crippen LogP contribution in [0.5, 0.6) is 0 Å². The quantitative estimate of drug-likeness (QED) is 0.584. The van der Waals surface area contributed by atoms with Gasteiger partial charge >= 0.3 is 6.18 Å². The zero-order valence-corrected chi connectivity index (χ0v) is 12.3. The van der Waals surface area contributed by atoms with Gasteiger partial charge in [-0.1, -0.05) is 12.1 Å². The molecule has 0 spiro atoms. The molecule has 0 aliphatic carbocycles. The van der Waals surface area contributed by atoms with Crippen molar-refractivity contribution in [2.45, 2.75) is 6.18 Å². The van der Waals surface area contributed by atoms with E-state index in [1.165, 1.54) is 12.5 Å². The summed E-state index contributed by atoms with van der Waals surface area (Å²) in [4.78, 5) is 10.5. The Labute approximate surface area is 137 Å². The number of hydrogen-bond acceptors (Lipinski definition) is 4. The lowest BCUT2D eigenvalue weighted by atomic mass is 10.1. The summed E-state index contributed by atoms with van der Waals surface area (Å²) < 4.78 is 40.1. The molecule has 0 saturated carbocycles. The van der Waals surface area contributed by atoms with Gasteiger partial charge in [-0.2, -0.15) is 23.5 Å². The summed E-state index contributed by atoms with van der Waals surface area (Å²) in [5, 5.41) is 15.5. The van der Waals surface area contributed by atoms with Crippen molar-refractivity contribution >= 4 is 10.9 Å². The van der Waals surface area contributed by atoms with Crippen LogP contribution in [-0.4, -0.2) is 29.7 Å². The molecule has 124 valence electrons. The average Bonchev–Trinajstić information content (AvgIpc) is 3.30. The molecule has 0 bridgehead atoms. The average molecular weight is 343 g/mol. The number of imidazole rings is 1. The van der Waals surface area contributed by atoms with Crippen molar-refractivity contribution in [3.05, 3.63) is 48.3 Å². The van der Waals surface area contributed by atoms with E-state index in [0.29, 0.717) is 22.2 Å². The fourth-order valence-electron chi connectivity index (χ4n) is 2.62. The number of aromatic nitrogens is 6. The van der Waals surface area contributed by atoms with Gasteiger partial charge in [0, 0.05) is 17.8 Å². The molecule has 3 heterocycles. The van der Waals surface area contributed by atoms with Crippen molar-refractivity contribution in [1.82, 2.24) is 29.7 Å². The van der Waals surface area contributed by atoms with Crippen LogP contribution in [0, 0.1) is 11.3 Å². The van der Waals surface area contributed by atoms with Gasteiger partial charge in [0.2, 0.25) is 5.82 Å². The summed E-state index contributed by atoms with van der Waals surface area (Å²) in [6.45, 7) is 0.